The zero-order valence-corrected chi connectivity index (χ0v) is 11.5. The summed E-state index contributed by atoms with van der Waals surface area (Å²) in [5.74, 6) is -1.09. The third kappa shape index (κ3) is 8.06. The third-order valence-corrected chi connectivity index (χ3v) is 2.87. The van der Waals surface area contributed by atoms with Crippen LogP contribution < -0.4 is 5.32 Å². The van der Waals surface area contributed by atoms with E-state index in [9.17, 15) is 9.59 Å². The average Bonchev–Trinajstić information content (AvgIpc) is 2.20. The van der Waals surface area contributed by atoms with Crippen LogP contribution in [0.15, 0.2) is 0 Å². The second kappa shape index (κ2) is 8.91. The first-order chi connectivity index (χ1) is 8.34. The number of aliphatic carboxylic acids is 1. The monoisotopic (exact) mass is 259 g/mol. The average molecular weight is 259 g/mol. The molecule has 3 N–H and O–H groups in total. The van der Waals surface area contributed by atoms with Crippen LogP contribution in [-0.4, -0.2) is 34.7 Å². The third-order valence-electron chi connectivity index (χ3n) is 2.87. The summed E-state index contributed by atoms with van der Waals surface area (Å²) >= 11 is 0. The molecule has 0 saturated carbocycles. The summed E-state index contributed by atoms with van der Waals surface area (Å²) in [5.41, 5.74) is 0. The van der Waals surface area contributed by atoms with E-state index in [-0.39, 0.29) is 24.2 Å². The minimum absolute atomic E-state index is 0.115. The normalized spacial score (nSPS) is 14.3. The number of unbranched alkanes of at least 4 members (excludes halogenated alkanes) is 1. The Bertz CT molecular complexity index is 264. The Labute approximate surface area is 109 Å². The lowest BCUT2D eigenvalue weighted by Crippen LogP contribution is -2.27. The molecule has 0 radical (unpaired) electrons. The van der Waals surface area contributed by atoms with Gasteiger partial charge in [-0.3, -0.25) is 9.59 Å². The van der Waals surface area contributed by atoms with Crippen LogP contribution in [0.4, 0.5) is 0 Å². The molecule has 0 aliphatic carbocycles. The van der Waals surface area contributed by atoms with E-state index in [4.69, 9.17) is 10.2 Å². The highest BCUT2D eigenvalue weighted by Crippen LogP contribution is 2.18. The number of nitrogens with one attached hydrogen (secondary N) is 1. The topological polar surface area (TPSA) is 86.6 Å². The van der Waals surface area contributed by atoms with Crippen LogP contribution >= 0.6 is 0 Å². The number of rotatable bonds is 9. The van der Waals surface area contributed by atoms with Gasteiger partial charge >= 0.3 is 5.97 Å². The second-order valence-electron chi connectivity index (χ2n) is 5.09. The number of carboxylic acids is 1. The predicted molar refractivity (Wildman–Crippen MR) is 69.1 cm³/mol. The molecule has 0 aromatic rings. The summed E-state index contributed by atoms with van der Waals surface area (Å²) in [5, 5.41) is 20.7. The molecule has 0 fully saturated rings. The van der Waals surface area contributed by atoms with Crippen molar-refractivity contribution in [1.82, 2.24) is 5.32 Å². The minimum Gasteiger partial charge on any atom is -0.481 e. The highest BCUT2D eigenvalue weighted by Gasteiger charge is 2.20. The van der Waals surface area contributed by atoms with Crippen molar-refractivity contribution in [2.24, 2.45) is 11.8 Å². The molecule has 0 aromatic heterocycles. The van der Waals surface area contributed by atoms with Gasteiger partial charge in [0.05, 0.1) is 18.4 Å². The molecule has 5 heteroatoms. The highest BCUT2D eigenvalue weighted by atomic mass is 16.4. The van der Waals surface area contributed by atoms with Crippen molar-refractivity contribution < 1.29 is 19.8 Å². The Morgan fingerprint density at radius 2 is 1.78 bits per heavy atom. The number of hydrogen-bond donors (Lipinski definition) is 3. The van der Waals surface area contributed by atoms with Crippen LogP contribution in [0.2, 0.25) is 0 Å². The lowest BCUT2D eigenvalue weighted by molar-refractivity contribution is -0.143. The maximum absolute atomic E-state index is 11.2. The van der Waals surface area contributed by atoms with Gasteiger partial charge in [0.15, 0.2) is 0 Å². The summed E-state index contributed by atoms with van der Waals surface area (Å²) in [7, 11) is 0. The van der Waals surface area contributed by atoms with Crippen LogP contribution in [0, 0.1) is 11.8 Å². The van der Waals surface area contributed by atoms with Crippen LogP contribution in [0.5, 0.6) is 0 Å². The Kier molecular flexibility index (Phi) is 8.37. The smallest absolute Gasteiger partial charge is 0.306 e. The van der Waals surface area contributed by atoms with Crippen LogP contribution in [-0.2, 0) is 9.59 Å². The van der Waals surface area contributed by atoms with Gasteiger partial charge in [-0.05, 0) is 25.7 Å². The number of aliphatic hydroxyl groups excluding tert-OH is 1. The Morgan fingerprint density at radius 3 is 2.22 bits per heavy atom. The first-order valence-corrected chi connectivity index (χ1v) is 6.52. The van der Waals surface area contributed by atoms with Gasteiger partial charge in [-0.15, -0.1) is 0 Å². The van der Waals surface area contributed by atoms with Crippen LogP contribution in [0.1, 0.15) is 46.5 Å². The molecule has 2 unspecified atom stereocenters. The zero-order chi connectivity index (χ0) is 14.1. The molecular weight excluding hydrogens is 234 g/mol. The lowest BCUT2D eigenvalue weighted by atomic mass is 9.91. The fraction of sp³-hybridized carbons (Fsp3) is 0.846. The number of carbonyl (C=O) groups excluding carboxylic acids is 1. The van der Waals surface area contributed by atoms with Gasteiger partial charge in [0.25, 0.3) is 0 Å². The van der Waals surface area contributed by atoms with Gasteiger partial charge in [-0.2, -0.15) is 0 Å². The van der Waals surface area contributed by atoms with E-state index in [0.717, 1.165) is 12.8 Å². The molecule has 18 heavy (non-hydrogen) atoms. The number of carboxylic acid groups (broad SMARTS) is 1. The summed E-state index contributed by atoms with van der Waals surface area (Å²) in [6, 6.07) is 0. The Balaban J connectivity index is 3.67. The second-order valence-corrected chi connectivity index (χ2v) is 5.09. The number of carbonyl (C=O) groups is 2. The number of amides is 1. The van der Waals surface area contributed by atoms with E-state index in [1.165, 1.54) is 0 Å². The molecule has 2 atom stereocenters. The van der Waals surface area contributed by atoms with E-state index in [1.54, 1.807) is 6.92 Å². The van der Waals surface area contributed by atoms with Crippen molar-refractivity contribution in [2.75, 3.05) is 6.54 Å². The summed E-state index contributed by atoms with van der Waals surface area (Å²) < 4.78 is 0. The van der Waals surface area contributed by atoms with Gasteiger partial charge in [0.2, 0.25) is 5.91 Å². The van der Waals surface area contributed by atoms with Crippen LogP contribution in [0.3, 0.4) is 0 Å². The van der Waals surface area contributed by atoms with Crippen molar-refractivity contribution >= 4 is 11.9 Å². The fourth-order valence-corrected chi connectivity index (χ4v) is 1.80. The molecule has 0 heterocycles. The molecule has 0 aliphatic rings. The van der Waals surface area contributed by atoms with Crippen molar-refractivity contribution in [3.05, 3.63) is 0 Å². The molecule has 0 spiro atoms. The standard InChI is InChI=1S/C13H25NO4/c1-9(2)11(13(17)18)6-4-5-7-14-12(16)8-10(3)15/h9-11,15H,4-8H2,1-3H3,(H,14,16)(H,17,18). The fourth-order valence-electron chi connectivity index (χ4n) is 1.80. The molecule has 1 amide bonds. The van der Waals surface area contributed by atoms with Gasteiger partial charge in [0, 0.05) is 6.54 Å². The Hall–Kier alpha value is -1.10. The van der Waals surface area contributed by atoms with Gasteiger partial charge in [-0.25, -0.2) is 0 Å². The molecule has 0 aromatic carbocycles. The lowest BCUT2D eigenvalue weighted by Gasteiger charge is -2.15. The molecule has 0 aliphatic heterocycles. The molecule has 0 rings (SSSR count). The summed E-state index contributed by atoms with van der Waals surface area (Å²) in [6.45, 7) is 5.92. The van der Waals surface area contributed by atoms with E-state index in [1.807, 2.05) is 13.8 Å². The van der Waals surface area contributed by atoms with Crippen molar-refractivity contribution in [3.8, 4) is 0 Å². The van der Waals surface area contributed by atoms with Crippen molar-refractivity contribution in [2.45, 2.75) is 52.6 Å². The first-order valence-electron chi connectivity index (χ1n) is 6.52. The van der Waals surface area contributed by atoms with E-state index < -0.39 is 12.1 Å². The molecular formula is C13H25NO4. The zero-order valence-electron chi connectivity index (χ0n) is 11.5. The minimum atomic E-state index is -0.747. The summed E-state index contributed by atoms with van der Waals surface area (Å²) in [4.78, 5) is 22.1. The molecule has 0 bridgehead atoms. The molecule has 0 saturated heterocycles. The van der Waals surface area contributed by atoms with Gasteiger partial charge in [0.1, 0.15) is 0 Å². The van der Waals surface area contributed by atoms with Crippen molar-refractivity contribution in [3.63, 3.8) is 0 Å². The quantitative estimate of drug-likeness (QED) is 0.546. The molecule has 5 nitrogen and oxygen atoms in total. The number of hydrogen-bond acceptors (Lipinski definition) is 3. The van der Waals surface area contributed by atoms with E-state index in [0.29, 0.717) is 13.0 Å². The SMILES string of the molecule is CC(O)CC(=O)NCCCCC(C(=O)O)C(C)C. The van der Waals surface area contributed by atoms with E-state index in [2.05, 4.69) is 5.32 Å². The summed E-state index contributed by atoms with van der Waals surface area (Å²) in [6.07, 6.45) is 1.68. The van der Waals surface area contributed by atoms with Gasteiger partial charge in [-0.1, -0.05) is 20.3 Å². The predicted octanol–water partition coefficient (Wildman–Crippen LogP) is 1.40. The largest absolute Gasteiger partial charge is 0.481 e. The van der Waals surface area contributed by atoms with E-state index >= 15 is 0 Å². The highest BCUT2D eigenvalue weighted by molar-refractivity contribution is 5.76. The maximum Gasteiger partial charge on any atom is 0.306 e. The van der Waals surface area contributed by atoms with Gasteiger partial charge < -0.3 is 15.5 Å². The maximum atomic E-state index is 11.2. The Morgan fingerprint density at radius 1 is 1.17 bits per heavy atom. The first kappa shape index (κ1) is 16.9. The van der Waals surface area contributed by atoms with Crippen LogP contribution in [0.25, 0.3) is 0 Å². The number of aliphatic hydroxyl groups is 1. The van der Waals surface area contributed by atoms with Crippen molar-refractivity contribution in [1.29, 1.82) is 0 Å². The molecule has 106 valence electrons.